The number of anilines is 1. The van der Waals surface area contributed by atoms with Crippen LogP contribution in [-0.4, -0.2) is 84.1 Å². The highest BCUT2D eigenvalue weighted by Gasteiger charge is 2.38. The first-order valence-corrected chi connectivity index (χ1v) is 12.2. The number of imidazole rings is 2. The number of aliphatic hydroxyl groups is 1. The molecule has 2 fully saturated rings. The number of morpholine rings is 1. The van der Waals surface area contributed by atoms with E-state index in [9.17, 15) is 5.11 Å². The van der Waals surface area contributed by atoms with E-state index in [1.807, 2.05) is 50.6 Å². The van der Waals surface area contributed by atoms with E-state index < -0.39 is 5.60 Å². The van der Waals surface area contributed by atoms with Crippen LogP contribution in [0.3, 0.4) is 0 Å². The third-order valence-corrected chi connectivity index (χ3v) is 7.34. The predicted molar refractivity (Wildman–Crippen MR) is 134 cm³/mol. The first-order valence-electron chi connectivity index (χ1n) is 12.2. The van der Waals surface area contributed by atoms with E-state index in [2.05, 4.69) is 20.4 Å². The SMILES string of the molecule is Cc1nc2ccccc2n1-c1nc(N2CCOCC2)c2nc(CN3CC(C(C)(C)O)C3)n(C)c2n1. The van der Waals surface area contributed by atoms with Crippen LogP contribution in [0.25, 0.3) is 28.1 Å². The fourth-order valence-corrected chi connectivity index (χ4v) is 5.06. The summed E-state index contributed by atoms with van der Waals surface area (Å²) < 4.78 is 9.70. The summed E-state index contributed by atoms with van der Waals surface area (Å²) in [7, 11) is 2.02. The Bertz CT molecular complexity index is 1390. The number of hydrogen-bond donors (Lipinski definition) is 1. The number of fused-ring (bicyclic) bond motifs is 2. The zero-order valence-corrected chi connectivity index (χ0v) is 20.8. The van der Waals surface area contributed by atoms with Crippen LogP contribution in [0.4, 0.5) is 5.82 Å². The largest absolute Gasteiger partial charge is 0.390 e. The topological polar surface area (TPSA) is 97.4 Å². The van der Waals surface area contributed by atoms with Crippen molar-refractivity contribution >= 4 is 28.0 Å². The maximum atomic E-state index is 10.3. The summed E-state index contributed by atoms with van der Waals surface area (Å²) in [5.41, 5.74) is 2.88. The second-order valence-electron chi connectivity index (χ2n) is 10.2. The molecule has 0 atom stereocenters. The number of hydrogen-bond acceptors (Lipinski definition) is 8. The lowest BCUT2D eigenvalue weighted by molar-refractivity contribution is -0.0656. The summed E-state index contributed by atoms with van der Waals surface area (Å²) in [5, 5.41) is 10.3. The smallest absolute Gasteiger partial charge is 0.239 e. The molecule has 0 saturated carbocycles. The lowest BCUT2D eigenvalue weighted by Gasteiger charge is -2.45. The van der Waals surface area contributed by atoms with Gasteiger partial charge in [0.25, 0.3) is 0 Å². The highest BCUT2D eigenvalue weighted by molar-refractivity contribution is 5.86. The van der Waals surface area contributed by atoms with Crippen molar-refractivity contribution in [3.63, 3.8) is 0 Å². The van der Waals surface area contributed by atoms with Crippen molar-refractivity contribution in [1.29, 1.82) is 0 Å². The Labute approximate surface area is 204 Å². The summed E-state index contributed by atoms with van der Waals surface area (Å²) in [5.74, 6) is 3.52. The van der Waals surface area contributed by atoms with Crippen molar-refractivity contribution in [2.75, 3.05) is 44.3 Å². The van der Waals surface area contributed by atoms with Gasteiger partial charge in [0.1, 0.15) is 11.6 Å². The van der Waals surface area contributed by atoms with Gasteiger partial charge in [0.2, 0.25) is 5.95 Å². The van der Waals surface area contributed by atoms with Gasteiger partial charge in [0, 0.05) is 39.1 Å². The van der Waals surface area contributed by atoms with Gasteiger partial charge < -0.3 is 19.3 Å². The molecule has 35 heavy (non-hydrogen) atoms. The van der Waals surface area contributed by atoms with Gasteiger partial charge in [0.05, 0.1) is 36.4 Å². The second kappa shape index (κ2) is 8.25. The molecule has 184 valence electrons. The molecule has 4 aromatic rings. The van der Waals surface area contributed by atoms with Crippen LogP contribution in [0.2, 0.25) is 0 Å². The minimum Gasteiger partial charge on any atom is -0.390 e. The van der Waals surface area contributed by atoms with Gasteiger partial charge in [-0.15, -0.1) is 0 Å². The van der Waals surface area contributed by atoms with Crippen molar-refractivity contribution in [1.82, 2.24) is 34.0 Å². The molecule has 10 nitrogen and oxygen atoms in total. The molecule has 3 aromatic heterocycles. The summed E-state index contributed by atoms with van der Waals surface area (Å²) in [6.45, 7) is 11.1. The van der Waals surface area contributed by atoms with Gasteiger partial charge in [-0.2, -0.15) is 9.97 Å². The third-order valence-electron chi connectivity index (χ3n) is 7.34. The normalized spacial score (nSPS) is 18.0. The molecule has 0 radical (unpaired) electrons. The van der Waals surface area contributed by atoms with Gasteiger partial charge >= 0.3 is 0 Å². The number of ether oxygens (including phenoxy) is 1. The number of rotatable bonds is 5. The molecule has 0 unspecified atom stereocenters. The highest BCUT2D eigenvalue weighted by Crippen LogP contribution is 2.31. The summed E-state index contributed by atoms with van der Waals surface area (Å²) in [4.78, 5) is 24.4. The molecular formula is C25H32N8O2. The Morgan fingerprint density at radius 2 is 1.80 bits per heavy atom. The van der Waals surface area contributed by atoms with Crippen LogP contribution < -0.4 is 4.90 Å². The molecule has 1 N–H and O–H groups in total. The molecule has 0 aliphatic carbocycles. The number of aryl methyl sites for hydroxylation is 2. The molecule has 1 aromatic carbocycles. The Kier molecular flexibility index (Phi) is 5.28. The monoisotopic (exact) mass is 476 g/mol. The minimum atomic E-state index is -0.655. The van der Waals surface area contributed by atoms with Crippen molar-refractivity contribution in [3.05, 3.63) is 35.9 Å². The fourth-order valence-electron chi connectivity index (χ4n) is 5.06. The van der Waals surface area contributed by atoms with Crippen LogP contribution >= 0.6 is 0 Å². The van der Waals surface area contributed by atoms with Crippen molar-refractivity contribution < 1.29 is 9.84 Å². The number of benzene rings is 1. The quantitative estimate of drug-likeness (QED) is 0.468. The van der Waals surface area contributed by atoms with Crippen LogP contribution in [0.1, 0.15) is 25.5 Å². The van der Waals surface area contributed by atoms with E-state index in [1.165, 1.54) is 0 Å². The maximum absolute atomic E-state index is 10.3. The molecular weight excluding hydrogens is 444 g/mol. The van der Waals surface area contributed by atoms with E-state index in [1.54, 1.807) is 0 Å². The van der Waals surface area contributed by atoms with E-state index in [0.29, 0.717) is 25.7 Å². The number of likely N-dealkylation sites (tertiary alicyclic amines) is 1. The average Bonchev–Trinajstić information content (AvgIpc) is 3.31. The molecule has 0 spiro atoms. The molecule has 0 amide bonds. The lowest BCUT2D eigenvalue weighted by atomic mass is 9.84. The van der Waals surface area contributed by atoms with Crippen molar-refractivity contribution in [3.8, 4) is 5.95 Å². The fraction of sp³-hybridized carbons (Fsp3) is 0.520. The van der Waals surface area contributed by atoms with Gasteiger partial charge in [-0.1, -0.05) is 12.1 Å². The van der Waals surface area contributed by atoms with Crippen molar-refractivity contribution in [2.45, 2.75) is 32.9 Å². The van der Waals surface area contributed by atoms with Gasteiger partial charge in [0.15, 0.2) is 17.0 Å². The summed E-state index contributed by atoms with van der Waals surface area (Å²) in [6, 6.07) is 8.07. The predicted octanol–water partition coefficient (Wildman–Crippen LogP) is 2.05. The van der Waals surface area contributed by atoms with E-state index in [0.717, 1.165) is 65.8 Å². The lowest BCUT2D eigenvalue weighted by Crippen LogP contribution is -2.55. The second-order valence-corrected chi connectivity index (χ2v) is 10.2. The Morgan fingerprint density at radius 3 is 2.54 bits per heavy atom. The van der Waals surface area contributed by atoms with Crippen LogP contribution in [-0.2, 0) is 18.3 Å². The Balaban J connectivity index is 1.44. The van der Waals surface area contributed by atoms with Crippen molar-refractivity contribution in [2.24, 2.45) is 13.0 Å². The van der Waals surface area contributed by atoms with Gasteiger partial charge in [-0.05, 0) is 32.9 Å². The van der Waals surface area contributed by atoms with Gasteiger partial charge in [-0.3, -0.25) is 9.47 Å². The number of nitrogens with zero attached hydrogens (tertiary/aromatic N) is 8. The van der Waals surface area contributed by atoms with Gasteiger partial charge in [-0.25, -0.2) is 9.97 Å². The average molecular weight is 477 g/mol. The van der Waals surface area contributed by atoms with E-state index in [-0.39, 0.29) is 5.92 Å². The zero-order chi connectivity index (χ0) is 24.3. The molecule has 5 heterocycles. The molecule has 2 aliphatic rings. The number of aromatic nitrogens is 6. The Hall–Kier alpha value is -3.08. The standard InChI is InChI=1S/C25H32N8O2/c1-16-26-18-7-5-6-8-19(18)33(16)24-28-22-21(23(29-24)32-9-11-35-12-10-32)27-20(30(22)4)15-31-13-17(14-31)25(2,3)34/h5-8,17,34H,9-15H2,1-4H3. The first-order chi connectivity index (χ1) is 16.8. The molecule has 2 saturated heterocycles. The molecule has 2 aliphatic heterocycles. The zero-order valence-electron chi connectivity index (χ0n) is 20.8. The highest BCUT2D eigenvalue weighted by atomic mass is 16.5. The summed E-state index contributed by atoms with van der Waals surface area (Å²) >= 11 is 0. The first kappa shape index (κ1) is 22.4. The maximum Gasteiger partial charge on any atom is 0.239 e. The minimum absolute atomic E-state index is 0.282. The third kappa shape index (κ3) is 3.85. The number of para-hydroxylation sites is 2. The molecule has 6 rings (SSSR count). The summed E-state index contributed by atoms with van der Waals surface area (Å²) in [6.07, 6.45) is 0. The Morgan fingerprint density at radius 1 is 1.06 bits per heavy atom. The molecule has 0 bridgehead atoms. The van der Waals surface area contributed by atoms with Crippen LogP contribution in [0.15, 0.2) is 24.3 Å². The van der Waals surface area contributed by atoms with Crippen LogP contribution in [0, 0.1) is 12.8 Å². The van der Waals surface area contributed by atoms with Crippen LogP contribution in [0.5, 0.6) is 0 Å². The van der Waals surface area contributed by atoms with E-state index in [4.69, 9.17) is 24.7 Å². The molecule has 10 heteroatoms. The van der Waals surface area contributed by atoms with E-state index >= 15 is 0 Å².